The highest BCUT2D eigenvalue weighted by Crippen LogP contribution is 2.22. The fourth-order valence-corrected chi connectivity index (χ4v) is 3.71. The molecule has 0 fully saturated rings. The highest BCUT2D eigenvalue weighted by molar-refractivity contribution is 7.10. The van der Waals surface area contributed by atoms with Gasteiger partial charge in [-0.15, -0.1) is 11.3 Å². The lowest BCUT2D eigenvalue weighted by atomic mass is 10.1. The van der Waals surface area contributed by atoms with Gasteiger partial charge in [-0.25, -0.2) is 4.68 Å². The maximum Gasteiger partial charge on any atom is 0.266 e. The van der Waals surface area contributed by atoms with E-state index in [1.54, 1.807) is 36.6 Å². The third kappa shape index (κ3) is 4.50. The second-order valence-electron chi connectivity index (χ2n) is 6.47. The Bertz CT molecular complexity index is 980. The van der Waals surface area contributed by atoms with Crippen molar-refractivity contribution < 1.29 is 4.79 Å². The van der Waals surface area contributed by atoms with Gasteiger partial charge in [-0.1, -0.05) is 18.2 Å². The number of rotatable bonds is 6. The summed E-state index contributed by atoms with van der Waals surface area (Å²) in [6.07, 6.45) is 0. The number of benzene rings is 1. The van der Waals surface area contributed by atoms with Gasteiger partial charge < -0.3 is 10.2 Å². The van der Waals surface area contributed by atoms with Crippen LogP contribution in [-0.4, -0.2) is 41.2 Å². The molecule has 1 atom stereocenters. The van der Waals surface area contributed by atoms with Crippen LogP contribution < -0.4 is 10.9 Å². The van der Waals surface area contributed by atoms with Gasteiger partial charge in [0.2, 0.25) is 0 Å². The van der Waals surface area contributed by atoms with Gasteiger partial charge in [-0.2, -0.15) is 5.10 Å². The number of likely N-dealkylation sites (N-methyl/N-ethyl adjacent to an activating group) is 1. The van der Waals surface area contributed by atoms with Gasteiger partial charge >= 0.3 is 0 Å². The average molecular weight is 382 g/mol. The molecule has 0 aliphatic carbocycles. The molecule has 2 heterocycles. The Labute approximate surface area is 162 Å². The SMILES string of the molecule is CN(C)C(CNC(=O)c1cccc(-c2ccc(=O)n(C)n2)c1)c1cccs1. The summed E-state index contributed by atoms with van der Waals surface area (Å²) < 4.78 is 1.28. The zero-order valence-corrected chi connectivity index (χ0v) is 16.4. The highest BCUT2D eigenvalue weighted by atomic mass is 32.1. The average Bonchev–Trinajstić information content (AvgIpc) is 3.18. The van der Waals surface area contributed by atoms with Crippen molar-refractivity contribution in [2.75, 3.05) is 20.6 Å². The van der Waals surface area contributed by atoms with E-state index >= 15 is 0 Å². The van der Waals surface area contributed by atoms with Crippen LogP contribution in [-0.2, 0) is 7.05 Å². The maximum atomic E-state index is 12.6. The van der Waals surface area contributed by atoms with Gasteiger partial charge in [0.05, 0.1) is 11.7 Å². The zero-order chi connectivity index (χ0) is 19.4. The summed E-state index contributed by atoms with van der Waals surface area (Å²) in [5.74, 6) is -0.134. The van der Waals surface area contributed by atoms with Crippen molar-refractivity contribution in [3.05, 3.63) is 74.7 Å². The van der Waals surface area contributed by atoms with Crippen molar-refractivity contribution in [1.29, 1.82) is 0 Å². The first-order valence-corrected chi connectivity index (χ1v) is 9.46. The number of carbonyl (C=O) groups excluding carboxylic acids is 1. The molecule has 1 N–H and O–H groups in total. The highest BCUT2D eigenvalue weighted by Gasteiger charge is 2.17. The molecule has 0 radical (unpaired) electrons. The lowest BCUT2D eigenvalue weighted by Gasteiger charge is -2.23. The first-order valence-electron chi connectivity index (χ1n) is 8.58. The Kier molecular flexibility index (Phi) is 5.83. The number of aryl methyl sites for hydroxylation is 1. The Morgan fingerprint density at radius 1 is 1.22 bits per heavy atom. The van der Waals surface area contributed by atoms with Crippen molar-refractivity contribution in [3.8, 4) is 11.3 Å². The molecule has 0 aliphatic rings. The molecule has 27 heavy (non-hydrogen) atoms. The van der Waals surface area contributed by atoms with Gasteiger partial charge in [0, 0.05) is 35.7 Å². The van der Waals surface area contributed by atoms with E-state index in [0.29, 0.717) is 17.8 Å². The molecule has 1 amide bonds. The van der Waals surface area contributed by atoms with E-state index in [1.807, 2.05) is 37.7 Å². The normalized spacial score (nSPS) is 12.1. The topological polar surface area (TPSA) is 67.2 Å². The molecule has 2 aromatic heterocycles. The molecule has 0 aliphatic heterocycles. The summed E-state index contributed by atoms with van der Waals surface area (Å²) in [4.78, 5) is 27.5. The molecule has 0 bridgehead atoms. The minimum Gasteiger partial charge on any atom is -0.350 e. The molecule has 7 heteroatoms. The fraction of sp³-hybridized carbons (Fsp3) is 0.250. The predicted octanol–water partition coefficient (Wildman–Crippen LogP) is 2.54. The van der Waals surface area contributed by atoms with Crippen molar-refractivity contribution in [3.63, 3.8) is 0 Å². The molecule has 0 spiro atoms. The molecular formula is C20H22N4O2S. The summed E-state index contributed by atoms with van der Waals surface area (Å²) in [5.41, 5.74) is 1.83. The molecule has 140 valence electrons. The van der Waals surface area contributed by atoms with Crippen LogP contribution in [0.2, 0.25) is 0 Å². The summed E-state index contributed by atoms with van der Waals surface area (Å²) in [7, 11) is 5.61. The van der Waals surface area contributed by atoms with Gasteiger partial charge in [0.25, 0.3) is 11.5 Å². The van der Waals surface area contributed by atoms with Gasteiger partial charge in [-0.05, 0) is 43.7 Å². The number of nitrogens with zero attached hydrogens (tertiary/aromatic N) is 3. The van der Waals surface area contributed by atoms with E-state index in [4.69, 9.17) is 0 Å². The maximum absolute atomic E-state index is 12.6. The van der Waals surface area contributed by atoms with E-state index in [9.17, 15) is 9.59 Å². The molecule has 0 saturated heterocycles. The predicted molar refractivity (Wildman–Crippen MR) is 108 cm³/mol. The van der Waals surface area contributed by atoms with E-state index in [1.165, 1.54) is 15.6 Å². The number of amides is 1. The number of nitrogens with one attached hydrogen (secondary N) is 1. The Balaban J connectivity index is 1.75. The largest absolute Gasteiger partial charge is 0.350 e. The minimum absolute atomic E-state index is 0.127. The smallest absolute Gasteiger partial charge is 0.266 e. The van der Waals surface area contributed by atoms with E-state index in [0.717, 1.165) is 5.56 Å². The molecule has 6 nitrogen and oxygen atoms in total. The molecular weight excluding hydrogens is 360 g/mol. The summed E-state index contributed by atoms with van der Waals surface area (Å²) in [6, 6.07) is 14.6. The second-order valence-corrected chi connectivity index (χ2v) is 7.45. The molecule has 3 rings (SSSR count). The molecule has 3 aromatic rings. The van der Waals surface area contributed by atoms with Crippen LogP contribution in [0.15, 0.2) is 58.7 Å². The summed E-state index contributed by atoms with van der Waals surface area (Å²) in [5, 5.41) is 9.30. The van der Waals surface area contributed by atoms with Crippen LogP contribution in [0.1, 0.15) is 21.3 Å². The van der Waals surface area contributed by atoms with E-state index in [-0.39, 0.29) is 17.5 Å². The first kappa shape index (κ1) is 19.0. The Hall–Kier alpha value is -2.77. The van der Waals surface area contributed by atoms with Crippen LogP contribution in [0.5, 0.6) is 0 Å². The number of hydrogen-bond donors (Lipinski definition) is 1. The second kappa shape index (κ2) is 8.28. The monoisotopic (exact) mass is 382 g/mol. The lowest BCUT2D eigenvalue weighted by Crippen LogP contribution is -2.34. The zero-order valence-electron chi connectivity index (χ0n) is 15.5. The minimum atomic E-state index is -0.170. The van der Waals surface area contributed by atoms with Gasteiger partial charge in [0.15, 0.2) is 0 Å². The lowest BCUT2D eigenvalue weighted by molar-refractivity contribution is 0.0942. The van der Waals surface area contributed by atoms with Gasteiger partial charge in [-0.3, -0.25) is 9.59 Å². The van der Waals surface area contributed by atoms with Crippen molar-refractivity contribution >= 4 is 17.2 Å². The number of carbonyl (C=O) groups is 1. The van der Waals surface area contributed by atoms with Crippen LogP contribution in [0, 0.1) is 0 Å². The number of aromatic nitrogens is 2. The third-order valence-corrected chi connectivity index (χ3v) is 5.31. The summed E-state index contributed by atoms with van der Waals surface area (Å²) >= 11 is 1.68. The van der Waals surface area contributed by atoms with Crippen LogP contribution in [0.25, 0.3) is 11.3 Å². The third-order valence-electron chi connectivity index (χ3n) is 4.33. The van der Waals surface area contributed by atoms with Crippen molar-refractivity contribution in [2.45, 2.75) is 6.04 Å². The molecule has 1 unspecified atom stereocenters. The Morgan fingerprint density at radius 2 is 2.04 bits per heavy atom. The van der Waals surface area contributed by atoms with E-state index in [2.05, 4.69) is 21.4 Å². The quantitative estimate of drug-likeness (QED) is 0.711. The van der Waals surface area contributed by atoms with E-state index < -0.39 is 0 Å². The summed E-state index contributed by atoms with van der Waals surface area (Å²) in [6.45, 7) is 0.522. The van der Waals surface area contributed by atoms with Crippen LogP contribution in [0.4, 0.5) is 0 Å². The van der Waals surface area contributed by atoms with Crippen LogP contribution in [0.3, 0.4) is 0 Å². The number of hydrogen-bond acceptors (Lipinski definition) is 5. The fourth-order valence-electron chi connectivity index (χ4n) is 2.79. The molecule has 1 aromatic carbocycles. The van der Waals surface area contributed by atoms with Crippen molar-refractivity contribution in [1.82, 2.24) is 20.0 Å². The van der Waals surface area contributed by atoms with Crippen LogP contribution >= 0.6 is 11.3 Å². The number of thiophene rings is 1. The molecule has 0 saturated carbocycles. The van der Waals surface area contributed by atoms with Gasteiger partial charge in [0.1, 0.15) is 0 Å². The van der Waals surface area contributed by atoms with Crippen molar-refractivity contribution in [2.24, 2.45) is 7.05 Å². The standard InChI is InChI=1S/C20H22N4O2S/c1-23(2)17(18-8-5-11-27-18)13-21-20(26)15-7-4-6-14(12-15)16-9-10-19(25)24(3)22-16/h4-12,17H,13H2,1-3H3,(H,21,26). The Morgan fingerprint density at radius 3 is 2.70 bits per heavy atom. The first-order chi connectivity index (χ1) is 13.0.